The highest BCUT2D eigenvalue weighted by Crippen LogP contribution is 2.17. The summed E-state index contributed by atoms with van der Waals surface area (Å²) in [6.45, 7) is 0.293. The van der Waals surface area contributed by atoms with E-state index in [9.17, 15) is 9.18 Å². The summed E-state index contributed by atoms with van der Waals surface area (Å²) >= 11 is 0. The fourth-order valence-electron chi connectivity index (χ4n) is 1.62. The molecular weight excluding hydrogens is 207 g/mol. The van der Waals surface area contributed by atoms with Gasteiger partial charge in [-0.25, -0.2) is 4.39 Å². The molecule has 86 valence electrons. The Morgan fingerprint density at radius 3 is 2.88 bits per heavy atom. The zero-order valence-electron chi connectivity index (χ0n) is 9.00. The van der Waals surface area contributed by atoms with E-state index < -0.39 is 0 Å². The van der Waals surface area contributed by atoms with Gasteiger partial charge in [-0.2, -0.15) is 0 Å². The predicted octanol–water partition coefficient (Wildman–Crippen LogP) is 1.91. The summed E-state index contributed by atoms with van der Waals surface area (Å²) in [5.41, 5.74) is 0.500. The van der Waals surface area contributed by atoms with Crippen molar-refractivity contribution < 1.29 is 9.18 Å². The first kappa shape index (κ1) is 11.1. The normalized spacial score (nSPS) is 15.6. The topological polar surface area (TPSA) is 41.1 Å². The second kappa shape index (κ2) is 5.07. The molecule has 4 heteroatoms. The molecule has 2 rings (SSSR count). The van der Waals surface area contributed by atoms with Crippen molar-refractivity contribution in [2.45, 2.75) is 25.3 Å². The van der Waals surface area contributed by atoms with E-state index in [-0.39, 0.29) is 11.7 Å². The van der Waals surface area contributed by atoms with Gasteiger partial charge < -0.3 is 10.6 Å². The lowest BCUT2D eigenvalue weighted by molar-refractivity contribution is -0.115. The summed E-state index contributed by atoms with van der Waals surface area (Å²) in [7, 11) is 0. The van der Waals surface area contributed by atoms with E-state index in [0.29, 0.717) is 18.3 Å². The van der Waals surface area contributed by atoms with Crippen LogP contribution in [0.2, 0.25) is 0 Å². The molecule has 3 nitrogen and oxygen atoms in total. The number of carbonyl (C=O) groups is 1. The quantitative estimate of drug-likeness (QED) is 0.817. The molecule has 0 spiro atoms. The first-order valence-corrected chi connectivity index (χ1v) is 5.53. The summed E-state index contributed by atoms with van der Waals surface area (Å²) < 4.78 is 12.8. The molecule has 1 fully saturated rings. The van der Waals surface area contributed by atoms with E-state index in [1.54, 1.807) is 12.1 Å². The van der Waals surface area contributed by atoms with Crippen LogP contribution in [0.3, 0.4) is 0 Å². The molecule has 0 atom stereocenters. The summed E-state index contributed by atoms with van der Waals surface area (Å²) in [6.07, 6.45) is 3.53. The lowest BCUT2D eigenvalue weighted by Crippen LogP contribution is -2.40. The van der Waals surface area contributed by atoms with Crippen molar-refractivity contribution >= 4 is 11.6 Å². The lowest BCUT2D eigenvalue weighted by Gasteiger charge is -2.26. The number of anilines is 1. The van der Waals surface area contributed by atoms with Crippen LogP contribution in [0.15, 0.2) is 24.3 Å². The largest absolute Gasteiger partial charge is 0.325 e. The molecule has 1 aliphatic rings. The molecule has 0 aromatic heterocycles. The Kier molecular flexibility index (Phi) is 3.51. The van der Waals surface area contributed by atoms with E-state index in [0.717, 1.165) is 12.8 Å². The van der Waals surface area contributed by atoms with Gasteiger partial charge in [-0.05, 0) is 31.0 Å². The van der Waals surface area contributed by atoms with E-state index in [1.165, 1.54) is 18.6 Å². The molecule has 1 aromatic rings. The molecule has 1 aromatic carbocycles. The van der Waals surface area contributed by atoms with Crippen LogP contribution in [-0.2, 0) is 4.79 Å². The van der Waals surface area contributed by atoms with Gasteiger partial charge in [-0.1, -0.05) is 12.5 Å². The third-order valence-corrected chi connectivity index (χ3v) is 2.76. The maximum absolute atomic E-state index is 12.8. The zero-order chi connectivity index (χ0) is 11.4. The second-order valence-corrected chi connectivity index (χ2v) is 4.07. The third kappa shape index (κ3) is 3.03. The highest BCUT2D eigenvalue weighted by molar-refractivity contribution is 5.92. The number of rotatable bonds is 4. The average Bonchev–Trinajstić information content (AvgIpc) is 2.15. The Hall–Kier alpha value is -1.42. The van der Waals surface area contributed by atoms with Crippen molar-refractivity contribution in [3.63, 3.8) is 0 Å². The van der Waals surface area contributed by atoms with Crippen LogP contribution in [0.5, 0.6) is 0 Å². The summed E-state index contributed by atoms with van der Waals surface area (Å²) in [6, 6.07) is 6.39. The van der Waals surface area contributed by atoms with E-state index in [1.807, 2.05) is 0 Å². The number of amides is 1. The van der Waals surface area contributed by atoms with Crippen molar-refractivity contribution in [3.05, 3.63) is 30.1 Å². The van der Waals surface area contributed by atoms with E-state index in [2.05, 4.69) is 10.6 Å². The van der Waals surface area contributed by atoms with Crippen LogP contribution in [0.25, 0.3) is 0 Å². The van der Waals surface area contributed by atoms with Gasteiger partial charge >= 0.3 is 0 Å². The van der Waals surface area contributed by atoms with Crippen LogP contribution in [0.1, 0.15) is 19.3 Å². The standard InChI is InChI=1S/C12H15FN2O/c13-9-3-1-6-11(7-9)15-12(16)8-14-10-4-2-5-10/h1,3,6-7,10,14H,2,4-5,8H2,(H,15,16). The van der Waals surface area contributed by atoms with Crippen LogP contribution in [-0.4, -0.2) is 18.5 Å². The minimum atomic E-state index is -0.343. The minimum Gasteiger partial charge on any atom is -0.325 e. The first-order chi connectivity index (χ1) is 7.74. The molecule has 0 bridgehead atoms. The fraction of sp³-hybridized carbons (Fsp3) is 0.417. The van der Waals surface area contributed by atoms with Gasteiger partial charge in [0.25, 0.3) is 0 Å². The first-order valence-electron chi connectivity index (χ1n) is 5.53. The van der Waals surface area contributed by atoms with Gasteiger partial charge in [-0.3, -0.25) is 4.79 Å². The Balaban J connectivity index is 1.77. The fourth-order valence-corrected chi connectivity index (χ4v) is 1.62. The summed E-state index contributed by atoms with van der Waals surface area (Å²) in [4.78, 5) is 11.5. The number of halogens is 1. The van der Waals surface area contributed by atoms with E-state index in [4.69, 9.17) is 0 Å². The maximum atomic E-state index is 12.8. The average molecular weight is 222 g/mol. The van der Waals surface area contributed by atoms with Gasteiger partial charge in [-0.15, -0.1) is 0 Å². The van der Waals surface area contributed by atoms with Crippen molar-refractivity contribution in [2.24, 2.45) is 0 Å². The van der Waals surface area contributed by atoms with Crippen molar-refractivity contribution in [3.8, 4) is 0 Å². The molecule has 1 saturated carbocycles. The number of hydrogen-bond acceptors (Lipinski definition) is 2. The molecule has 16 heavy (non-hydrogen) atoms. The van der Waals surface area contributed by atoms with Gasteiger partial charge in [0.1, 0.15) is 5.82 Å². The smallest absolute Gasteiger partial charge is 0.238 e. The molecule has 0 unspecified atom stereocenters. The minimum absolute atomic E-state index is 0.127. The molecule has 0 radical (unpaired) electrons. The lowest BCUT2D eigenvalue weighted by atomic mass is 9.93. The number of nitrogens with one attached hydrogen (secondary N) is 2. The third-order valence-electron chi connectivity index (χ3n) is 2.76. The maximum Gasteiger partial charge on any atom is 0.238 e. The van der Waals surface area contributed by atoms with Gasteiger partial charge in [0, 0.05) is 11.7 Å². The molecule has 1 amide bonds. The van der Waals surface area contributed by atoms with Crippen molar-refractivity contribution in [2.75, 3.05) is 11.9 Å². The highest BCUT2D eigenvalue weighted by Gasteiger charge is 2.17. The Morgan fingerprint density at radius 1 is 1.44 bits per heavy atom. The summed E-state index contributed by atoms with van der Waals surface area (Å²) in [5, 5.41) is 5.79. The molecule has 1 aliphatic carbocycles. The van der Waals surface area contributed by atoms with Gasteiger partial charge in [0.15, 0.2) is 0 Å². The number of hydrogen-bond donors (Lipinski definition) is 2. The summed E-state index contributed by atoms with van der Waals surface area (Å²) in [5.74, 6) is -0.470. The highest BCUT2D eigenvalue weighted by atomic mass is 19.1. The van der Waals surface area contributed by atoms with Crippen molar-refractivity contribution in [1.82, 2.24) is 5.32 Å². The molecule has 2 N–H and O–H groups in total. The molecule has 0 heterocycles. The van der Waals surface area contributed by atoms with Crippen LogP contribution >= 0.6 is 0 Å². The van der Waals surface area contributed by atoms with Crippen LogP contribution < -0.4 is 10.6 Å². The molecular formula is C12H15FN2O. The Bertz CT molecular complexity index is 377. The zero-order valence-corrected chi connectivity index (χ0v) is 9.00. The Morgan fingerprint density at radius 2 is 2.25 bits per heavy atom. The number of carbonyl (C=O) groups excluding carboxylic acids is 1. The Labute approximate surface area is 94.0 Å². The monoisotopic (exact) mass is 222 g/mol. The number of benzene rings is 1. The van der Waals surface area contributed by atoms with Crippen LogP contribution in [0.4, 0.5) is 10.1 Å². The molecule has 0 saturated heterocycles. The SMILES string of the molecule is O=C(CNC1CCC1)Nc1cccc(F)c1. The predicted molar refractivity (Wildman–Crippen MR) is 60.7 cm³/mol. The second-order valence-electron chi connectivity index (χ2n) is 4.07. The van der Waals surface area contributed by atoms with Gasteiger partial charge in [0.05, 0.1) is 6.54 Å². The van der Waals surface area contributed by atoms with Crippen LogP contribution in [0, 0.1) is 5.82 Å². The van der Waals surface area contributed by atoms with E-state index >= 15 is 0 Å². The van der Waals surface area contributed by atoms with Crippen molar-refractivity contribution in [1.29, 1.82) is 0 Å². The van der Waals surface area contributed by atoms with Gasteiger partial charge in [0.2, 0.25) is 5.91 Å². The molecule has 0 aliphatic heterocycles.